The van der Waals surface area contributed by atoms with Crippen LogP contribution in [-0.4, -0.2) is 5.97 Å². The zero-order chi connectivity index (χ0) is 20.8. The summed E-state index contributed by atoms with van der Waals surface area (Å²) in [7, 11) is -0.924. The molecule has 0 fully saturated rings. The summed E-state index contributed by atoms with van der Waals surface area (Å²) >= 11 is 0. The van der Waals surface area contributed by atoms with Gasteiger partial charge in [-0.2, -0.15) is 0 Å². The van der Waals surface area contributed by atoms with Crippen LogP contribution in [0.25, 0.3) is 11.1 Å². The Hall–Kier alpha value is -3.22. The standard InChI is InChI=1S/C27H23O2P/c1-2-26(28)29-25-20-12-19-24(21-13-6-3-7-14-21)27(25)30(22-15-8-4-9-16-22)23-17-10-5-11-18-23/h3-20H,2H2,1H3. The van der Waals surface area contributed by atoms with Crippen molar-refractivity contribution in [2.75, 3.05) is 0 Å². The molecule has 0 heterocycles. The number of hydrogen-bond acceptors (Lipinski definition) is 2. The Morgan fingerprint density at radius 3 is 1.77 bits per heavy atom. The van der Waals surface area contributed by atoms with Crippen molar-refractivity contribution < 1.29 is 9.53 Å². The molecule has 148 valence electrons. The number of ether oxygens (including phenoxy) is 1. The molecule has 0 N–H and O–H groups in total. The molecule has 30 heavy (non-hydrogen) atoms. The van der Waals surface area contributed by atoms with Gasteiger partial charge in [0, 0.05) is 11.7 Å². The van der Waals surface area contributed by atoms with Crippen LogP contribution in [0.5, 0.6) is 5.75 Å². The lowest BCUT2D eigenvalue weighted by molar-refractivity contribution is -0.133. The van der Waals surface area contributed by atoms with Crippen LogP contribution in [0.15, 0.2) is 109 Å². The van der Waals surface area contributed by atoms with Crippen LogP contribution in [0.3, 0.4) is 0 Å². The molecule has 0 radical (unpaired) electrons. The summed E-state index contributed by atoms with van der Waals surface area (Å²) in [4.78, 5) is 12.3. The predicted octanol–water partition coefficient (Wildman–Crippen LogP) is 5.43. The van der Waals surface area contributed by atoms with Crippen molar-refractivity contribution in [3.05, 3.63) is 109 Å². The Morgan fingerprint density at radius 1 is 0.700 bits per heavy atom. The third-order valence-electron chi connectivity index (χ3n) is 4.85. The van der Waals surface area contributed by atoms with E-state index >= 15 is 0 Å². The van der Waals surface area contributed by atoms with E-state index in [9.17, 15) is 4.79 Å². The van der Waals surface area contributed by atoms with E-state index in [2.05, 4.69) is 66.7 Å². The summed E-state index contributed by atoms with van der Waals surface area (Å²) in [6.45, 7) is 1.82. The van der Waals surface area contributed by atoms with Crippen molar-refractivity contribution in [1.82, 2.24) is 0 Å². The smallest absolute Gasteiger partial charge is 0.310 e. The van der Waals surface area contributed by atoms with Gasteiger partial charge in [-0.3, -0.25) is 4.79 Å². The van der Waals surface area contributed by atoms with Crippen LogP contribution in [0.4, 0.5) is 0 Å². The highest BCUT2D eigenvalue weighted by Crippen LogP contribution is 2.41. The first-order chi connectivity index (χ1) is 14.8. The summed E-state index contributed by atoms with van der Waals surface area (Å²) in [5.41, 5.74) is 2.21. The van der Waals surface area contributed by atoms with Crippen molar-refractivity contribution in [1.29, 1.82) is 0 Å². The zero-order valence-corrected chi connectivity index (χ0v) is 17.8. The van der Waals surface area contributed by atoms with Crippen molar-refractivity contribution in [3.63, 3.8) is 0 Å². The van der Waals surface area contributed by atoms with E-state index in [1.807, 2.05) is 49.4 Å². The van der Waals surface area contributed by atoms with E-state index in [1.165, 1.54) is 10.6 Å². The number of carbonyl (C=O) groups excluding carboxylic acids is 1. The first-order valence-corrected chi connectivity index (χ1v) is 11.4. The lowest BCUT2D eigenvalue weighted by Crippen LogP contribution is -2.25. The summed E-state index contributed by atoms with van der Waals surface area (Å²) in [6.07, 6.45) is 0.337. The number of esters is 1. The second kappa shape index (κ2) is 9.52. The van der Waals surface area contributed by atoms with Gasteiger partial charge >= 0.3 is 5.97 Å². The Morgan fingerprint density at radius 2 is 1.23 bits per heavy atom. The number of rotatable bonds is 6. The number of hydrogen-bond donors (Lipinski definition) is 0. The highest BCUT2D eigenvalue weighted by atomic mass is 31.1. The lowest BCUT2D eigenvalue weighted by Gasteiger charge is -2.25. The van der Waals surface area contributed by atoms with Crippen LogP contribution >= 0.6 is 7.92 Å². The Balaban J connectivity index is 2.00. The van der Waals surface area contributed by atoms with Gasteiger partial charge in [-0.1, -0.05) is 110 Å². The third-order valence-corrected chi connectivity index (χ3v) is 7.39. The fraction of sp³-hybridized carbons (Fsp3) is 0.0741. The van der Waals surface area contributed by atoms with E-state index in [0.717, 1.165) is 16.4 Å². The first kappa shape index (κ1) is 20.1. The average Bonchev–Trinajstić information content (AvgIpc) is 2.82. The summed E-state index contributed by atoms with van der Waals surface area (Å²) in [5, 5.41) is 3.50. The molecule has 4 aromatic carbocycles. The van der Waals surface area contributed by atoms with Gasteiger partial charge in [0.15, 0.2) is 0 Å². The minimum absolute atomic E-state index is 0.225. The maximum atomic E-state index is 12.3. The Kier molecular flexibility index (Phi) is 6.37. The summed E-state index contributed by atoms with van der Waals surface area (Å²) in [6, 6.07) is 37.3. The highest BCUT2D eigenvalue weighted by molar-refractivity contribution is 7.80. The van der Waals surface area contributed by atoms with Gasteiger partial charge in [-0.25, -0.2) is 0 Å². The van der Waals surface area contributed by atoms with Gasteiger partial charge < -0.3 is 4.74 Å². The van der Waals surface area contributed by atoms with Crippen LogP contribution in [0, 0.1) is 0 Å². The number of carbonyl (C=O) groups is 1. The van der Waals surface area contributed by atoms with Crippen molar-refractivity contribution in [2.24, 2.45) is 0 Å². The molecule has 0 saturated heterocycles. The molecule has 0 atom stereocenters. The van der Waals surface area contributed by atoms with E-state index in [1.54, 1.807) is 0 Å². The number of benzene rings is 4. The van der Waals surface area contributed by atoms with Gasteiger partial charge in [0.25, 0.3) is 0 Å². The average molecular weight is 410 g/mol. The van der Waals surface area contributed by atoms with E-state index in [-0.39, 0.29) is 5.97 Å². The maximum Gasteiger partial charge on any atom is 0.310 e. The van der Waals surface area contributed by atoms with Gasteiger partial charge in [-0.05, 0) is 35.7 Å². The Labute approximate surface area is 178 Å². The van der Waals surface area contributed by atoms with Gasteiger partial charge in [-0.15, -0.1) is 0 Å². The van der Waals surface area contributed by atoms with Gasteiger partial charge in [0.2, 0.25) is 0 Å². The molecule has 0 amide bonds. The molecular formula is C27H23O2P. The molecular weight excluding hydrogens is 387 g/mol. The minimum atomic E-state index is -0.924. The highest BCUT2D eigenvalue weighted by Gasteiger charge is 2.25. The monoisotopic (exact) mass is 410 g/mol. The lowest BCUT2D eigenvalue weighted by atomic mass is 10.1. The van der Waals surface area contributed by atoms with Crippen LogP contribution in [0.1, 0.15) is 13.3 Å². The molecule has 0 spiro atoms. The fourth-order valence-electron chi connectivity index (χ4n) is 3.44. The van der Waals surface area contributed by atoms with E-state index < -0.39 is 7.92 Å². The molecule has 0 aromatic heterocycles. The van der Waals surface area contributed by atoms with Gasteiger partial charge in [0.05, 0.1) is 0 Å². The van der Waals surface area contributed by atoms with Gasteiger partial charge in [0.1, 0.15) is 5.75 Å². The molecule has 0 aliphatic rings. The quantitative estimate of drug-likeness (QED) is 0.241. The summed E-state index contributed by atoms with van der Waals surface area (Å²) in [5.74, 6) is 0.416. The molecule has 0 saturated carbocycles. The molecule has 2 nitrogen and oxygen atoms in total. The maximum absolute atomic E-state index is 12.3. The van der Waals surface area contributed by atoms with Crippen molar-refractivity contribution in [2.45, 2.75) is 13.3 Å². The molecule has 0 aliphatic carbocycles. The van der Waals surface area contributed by atoms with Crippen LogP contribution in [-0.2, 0) is 4.79 Å². The Bertz CT molecular complexity index is 1070. The summed E-state index contributed by atoms with van der Waals surface area (Å²) < 4.78 is 5.86. The minimum Gasteiger partial charge on any atom is -0.426 e. The largest absolute Gasteiger partial charge is 0.426 e. The fourth-order valence-corrected chi connectivity index (χ4v) is 5.98. The molecule has 4 rings (SSSR count). The zero-order valence-electron chi connectivity index (χ0n) is 16.9. The van der Waals surface area contributed by atoms with E-state index in [4.69, 9.17) is 4.74 Å². The van der Waals surface area contributed by atoms with Crippen molar-refractivity contribution in [3.8, 4) is 16.9 Å². The molecule has 0 unspecified atom stereocenters. The molecule has 0 bridgehead atoms. The normalized spacial score (nSPS) is 10.7. The van der Waals surface area contributed by atoms with Crippen LogP contribution < -0.4 is 20.7 Å². The molecule has 3 heteroatoms. The van der Waals surface area contributed by atoms with Crippen molar-refractivity contribution >= 4 is 29.8 Å². The third kappa shape index (κ3) is 4.35. The van der Waals surface area contributed by atoms with Crippen LogP contribution in [0.2, 0.25) is 0 Å². The second-order valence-electron chi connectivity index (χ2n) is 6.85. The topological polar surface area (TPSA) is 26.3 Å². The molecule has 4 aromatic rings. The SMILES string of the molecule is CCC(=O)Oc1cccc(-c2ccccc2)c1P(c1ccccc1)c1ccccc1. The first-order valence-electron chi connectivity index (χ1n) is 10.1. The predicted molar refractivity (Wildman–Crippen MR) is 127 cm³/mol. The second-order valence-corrected chi connectivity index (χ2v) is 9.00. The molecule has 0 aliphatic heterocycles. The van der Waals surface area contributed by atoms with E-state index in [0.29, 0.717) is 12.2 Å².